The predicted molar refractivity (Wildman–Crippen MR) is 115 cm³/mol. The molecule has 11 heteroatoms. The average Bonchev–Trinajstić information content (AvgIpc) is 3.35. The lowest BCUT2D eigenvalue weighted by atomic mass is 10.3. The minimum Gasteiger partial charge on any atom is -0.352 e. The third-order valence-corrected chi connectivity index (χ3v) is 6.98. The highest BCUT2D eigenvalue weighted by molar-refractivity contribution is 7.89. The number of nitrogens with one attached hydrogen (secondary N) is 1. The number of anilines is 2. The summed E-state index contributed by atoms with van der Waals surface area (Å²) in [4.78, 5) is 17.7. The van der Waals surface area contributed by atoms with E-state index in [2.05, 4.69) is 20.5 Å². The Morgan fingerprint density at radius 2 is 1.68 bits per heavy atom. The molecule has 1 amide bonds. The van der Waals surface area contributed by atoms with Gasteiger partial charge >= 0.3 is 0 Å². The first-order valence-corrected chi connectivity index (χ1v) is 11.4. The first-order chi connectivity index (χ1) is 15.0. The maximum atomic E-state index is 13.0. The fourth-order valence-corrected chi connectivity index (χ4v) is 4.71. The van der Waals surface area contributed by atoms with Crippen molar-refractivity contribution in [3.8, 4) is 5.82 Å². The lowest BCUT2D eigenvalue weighted by Gasteiger charge is -2.34. The van der Waals surface area contributed by atoms with Crippen molar-refractivity contribution in [2.75, 3.05) is 36.4 Å². The minimum atomic E-state index is -3.61. The highest BCUT2D eigenvalue weighted by atomic mass is 32.2. The predicted octanol–water partition coefficient (Wildman–Crippen LogP) is 1.52. The molecule has 1 N–H and O–H groups in total. The molecule has 1 saturated heterocycles. The van der Waals surface area contributed by atoms with E-state index in [4.69, 9.17) is 0 Å². The quantitative estimate of drug-likeness (QED) is 0.617. The number of rotatable bonds is 6. The lowest BCUT2D eigenvalue weighted by Crippen LogP contribution is -2.49. The number of sulfonamides is 1. The number of piperazine rings is 1. The summed E-state index contributed by atoms with van der Waals surface area (Å²) < 4.78 is 29.2. The topological polar surface area (TPSA) is 113 Å². The van der Waals surface area contributed by atoms with Crippen molar-refractivity contribution < 1.29 is 13.2 Å². The van der Waals surface area contributed by atoms with E-state index in [9.17, 15) is 13.2 Å². The largest absolute Gasteiger partial charge is 0.352 e. The van der Waals surface area contributed by atoms with Gasteiger partial charge in [0.25, 0.3) is 0 Å². The summed E-state index contributed by atoms with van der Waals surface area (Å²) in [6.45, 7) is 3.49. The fourth-order valence-electron chi connectivity index (χ4n) is 3.29. The van der Waals surface area contributed by atoms with Crippen molar-refractivity contribution in [3.05, 3.63) is 55.1 Å². The van der Waals surface area contributed by atoms with Crippen molar-refractivity contribution >= 4 is 27.4 Å². The van der Waals surface area contributed by atoms with Gasteiger partial charge in [-0.15, -0.1) is 10.2 Å². The van der Waals surface area contributed by atoms with E-state index in [-0.39, 0.29) is 10.8 Å². The number of amides is 1. The standard InChI is InChI=1S/C20H23N7O3S/c1-2-20(28)22-16-3-5-17(6-4-16)31(29,30)27-13-11-25(12-14-27)18-7-8-19(24-23-18)26-10-9-21-15-26/h3-10,15H,2,11-14H2,1H3,(H,22,28). The molecule has 0 saturated carbocycles. The number of nitrogens with zero attached hydrogens (tertiary/aromatic N) is 6. The summed E-state index contributed by atoms with van der Waals surface area (Å²) >= 11 is 0. The van der Waals surface area contributed by atoms with E-state index in [1.807, 2.05) is 17.0 Å². The van der Waals surface area contributed by atoms with Crippen LogP contribution in [0.3, 0.4) is 0 Å². The van der Waals surface area contributed by atoms with E-state index in [1.54, 1.807) is 42.3 Å². The molecule has 1 aliphatic rings. The summed E-state index contributed by atoms with van der Waals surface area (Å²) in [7, 11) is -3.61. The van der Waals surface area contributed by atoms with Crippen LogP contribution in [0.25, 0.3) is 5.82 Å². The third kappa shape index (κ3) is 4.57. The second-order valence-corrected chi connectivity index (χ2v) is 8.97. The van der Waals surface area contributed by atoms with Crippen LogP contribution in [0.4, 0.5) is 11.5 Å². The van der Waals surface area contributed by atoms with Crippen molar-refractivity contribution in [2.45, 2.75) is 18.2 Å². The highest BCUT2D eigenvalue weighted by Gasteiger charge is 2.29. The maximum absolute atomic E-state index is 13.0. The van der Waals surface area contributed by atoms with Gasteiger partial charge in [0.05, 0.1) is 4.90 Å². The summed E-state index contributed by atoms with van der Waals surface area (Å²) in [5, 5.41) is 11.2. The molecule has 31 heavy (non-hydrogen) atoms. The van der Waals surface area contributed by atoms with Crippen LogP contribution in [0, 0.1) is 0 Å². The fraction of sp³-hybridized carbons (Fsp3) is 0.300. The number of carbonyl (C=O) groups excluding carboxylic acids is 1. The van der Waals surface area contributed by atoms with Crippen molar-refractivity contribution in [3.63, 3.8) is 0 Å². The zero-order chi connectivity index (χ0) is 21.8. The summed E-state index contributed by atoms with van der Waals surface area (Å²) in [6, 6.07) is 9.98. The van der Waals surface area contributed by atoms with Gasteiger partial charge in [0, 0.05) is 50.7 Å². The Kier molecular flexibility index (Phi) is 5.96. The normalized spacial score (nSPS) is 15.1. The first-order valence-electron chi connectivity index (χ1n) is 9.94. The molecule has 0 atom stereocenters. The van der Waals surface area contributed by atoms with Gasteiger partial charge < -0.3 is 10.2 Å². The summed E-state index contributed by atoms with van der Waals surface area (Å²) in [6.07, 6.45) is 5.47. The van der Waals surface area contributed by atoms with Crippen LogP contribution in [-0.4, -0.2) is 64.6 Å². The molecule has 2 aromatic heterocycles. The van der Waals surface area contributed by atoms with Gasteiger partial charge in [-0.25, -0.2) is 13.4 Å². The van der Waals surface area contributed by atoms with Gasteiger partial charge in [0.15, 0.2) is 11.6 Å². The smallest absolute Gasteiger partial charge is 0.243 e. The number of hydrogen-bond acceptors (Lipinski definition) is 7. The molecule has 1 fully saturated rings. The van der Waals surface area contributed by atoms with E-state index >= 15 is 0 Å². The minimum absolute atomic E-state index is 0.118. The van der Waals surface area contributed by atoms with E-state index in [1.165, 1.54) is 16.4 Å². The number of carbonyl (C=O) groups is 1. The monoisotopic (exact) mass is 441 g/mol. The molecule has 0 radical (unpaired) electrons. The molecule has 3 heterocycles. The molecule has 10 nitrogen and oxygen atoms in total. The van der Waals surface area contributed by atoms with Crippen molar-refractivity contribution in [2.24, 2.45) is 0 Å². The molecule has 162 valence electrons. The first kappa shape index (κ1) is 20.9. The van der Waals surface area contributed by atoms with Gasteiger partial charge in [-0.1, -0.05) is 6.92 Å². The van der Waals surface area contributed by atoms with Gasteiger partial charge in [-0.2, -0.15) is 4.31 Å². The van der Waals surface area contributed by atoms with Crippen LogP contribution < -0.4 is 10.2 Å². The van der Waals surface area contributed by atoms with Gasteiger partial charge in [0.1, 0.15) is 6.33 Å². The molecule has 0 spiro atoms. The molecule has 3 aromatic rings. The Morgan fingerprint density at radius 3 is 2.26 bits per heavy atom. The molecular weight excluding hydrogens is 418 g/mol. The Balaban J connectivity index is 1.39. The average molecular weight is 442 g/mol. The zero-order valence-electron chi connectivity index (χ0n) is 17.0. The van der Waals surface area contributed by atoms with Gasteiger partial charge in [-0.05, 0) is 36.4 Å². The van der Waals surface area contributed by atoms with Crippen LogP contribution >= 0.6 is 0 Å². The molecular formula is C20H23N7O3S. The van der Waals surface area contributed by atoms with Crippen LogP contribution in [-0.2, 0) is 14.8 Å². The summed E-state index contributed by atoms with van der Waals surface area (Å²) in [5.41, 5.74) is 0.577. The number of imidazole rings is 1. The van der Waals surface area contributed by atoms with Crippen molar-refractivity contribution in [1.82, 2.24) is 24.1 Å². The third-order valence-electron chi connectivity index (χ3n) is 5.06. The molecule has 0 unspecified atom stereocenters. The second-order valence-electron chi connectivity index (χ2n) is 7.04. The van der Waals surface area contributed by atoms with E-state index in [0.29, 0.717) is 49.9 Å². The Labute approximate surface area is 180 Å². The Bertz CT molecular complexity index is 1120. The molecule has 0 aliphatic carbocycles. The number of hydrogen-bond donors (Lipinski definition) is 1. The Morgan fingerprint density at radius 1 is 1.00 bits per heavy atom. The zero-order valence-corrected chi connectivity index (χ0v) is 17.9. The summed E-state index contributed by atoms with van der Waals surface area (Å²) in [5.74, 6) is 1.26. The van der Waals surface area contributed by atoms with Crippen LogP contribution in [0.5, 0.6) is 0 Å². The lowest BCUT2D eigenvalue weighted by molar-refractivity contribution is -0.115. The molecule has 4 rings (SSSR count). The van der Waals surface area contributed by atoms with Crippen LogP contribution in [0.15, 0.2) is 60.0 Å². The number of benzene rings is 1. The van der Waals surface area contributed by atoms with Crippen LogP contribution in [0.1, 0.15) is 13.3 Å². The molecule has 0 bridgehead atoms. The van der Waals surface area contributed by atoms with Crippen molar-refractivity contribution in [1.29, 1.82) is 0 Å². The highest BCUT2D eigenvalue weighted by Crippen LogP contribution is 2.21. The maximum Gasteiger partial charge on any atom is 0.243 e. The van der Waals surface area contributed by atoms with Gasteiger partial charge in [0.2, 0.25) is 15.9 Å². The Hall–Kier alpha value is -3.31. The van der Waals surface area contributed by atoms with E-state index in [0.717, 1.165) is 0 Å². The van der Waals surface area contributed by atoms with Gasteiger partial charge in [-0.3, -0.25) is 9.36 Å². The molecule has 1 aromatic carbocycles. The SMILES string of the molecule is CCC(=O)Nc1ccc(S(=O)(=O)N2CCN(c3ccc(-n4ccnc4)nn3)CC2)cc1. The van der Waals surface area contributed by atoms with E-state index < -0.39 is 10.0 Å². The number of aromatic nitrogens is 4. The molecule has 1 aliphatic heterocycles. The van der Waals surface area contributed by atoms with Crippen LogP contribution in [0.2, 0.25) is 0 Å². The second kappa shape index (κ2) is 8.82.